The van der Waals surface area contributed by atoms with Crippen LogP contribution in [-0.2, 0) is 0 Å². The van der Waals surface area contributed by atoms with Crippen molar-refractivity contribution in [2.75, 3.05) is 4.90 Å². The van der Waals surface area contributed by atoms with Crippen LogP contribution >= 0.6 is 11.8 Å². The van der Waals surface area contributed by atoms with E-state index in [0.717, 1.165) is 46.6 Å². The molecule has 5 nitrogen and oxygen atoms in total. The largest absolute Gasteiger partial charge is 0.382 e. The summed E-state index contributed by atoms with van der Waals surface area (Å²) >= 11 is 1.82. The minimum Gasteiger partial charge on any atom is -0.382 e. The molecule has 250 valence electrons. The number of hydrogen-bond donors (Lipinski definition) is 1. The smallest absolute Gasteiger partial charge is 0.155 e. The number of fused-ring (bicyclic) bond motifs is 2. The average molecular weight is 682 g/mol. The lowest BCUT2D eigenvalue weighted by Gasteiger charge is -2.33. The van der Waals surface area contributed by atoms with Gasteiger partial charge in [0.2, 0.25) is 0 Å². The van der Waals surface area contributed by atoms with Crippen LogP contribution in [0.4, 0.5) is 17.1 Å². The Hall–Kier alpha value is -5.72. The van der Waals surface area contributed by atoms with Crippen LogP contribution in [-0.4, -0.2) is 17.4 Å². The first-order valence-electron chi connectivity index (χ1n) is 17.5. The fraction of sp³-hybridized carbons (Fsp3) is 0.133. The Kier molecular flexibility index (Phi) is 9.32. The van der Waals surface area contributed by atoms with E-state index in [2.05, 4.69) is 121 Å². The lowest BCUT2D eigenvalue weighted by molar-refractivity contribution is 0.756. The lowest BCUT2D eigenvalue weighted by atomic mass is 9.92. The van der Waals surface area contributed by atoms with Crippen molar-refractivity contribution in [3.05, 3.63) is 180 Å². The molecule has 51 heavy (non-hydrogen) atoms. The van der Waals surface area contributed by atoms with E-state index in [1.807, 2.05) is 60.3 Å². The third-order valence-corrected chi connectivity index (χ3v) is 10.7. The van der Waals surface area contributed by atoms with E-state index in [9.17, 15) is 0 Å². The molecular formula is C45H39N5S. The number of anilines is 3. The molecule has 0 saturated carbocycles. The van der Waals surface area contributed by atoms with Crippen LogP contribution in [0.1, 0.15) is 48.9 Å². The van der Waals surface area contributed by atoms with Gasteiger partial charge in [-0.2, -0.15) is 0 Å². The SMILES string of the molecule is CC(/C=C(\N=C(N)C1=NC(c2ccccc2)=NC(c2ccc(N3c4ccccc4Sc4ccccc43)cc2)C1)c1ccccc1)C1=CC=CCC1. The molecule has 0 spiro atoms. The monoisotopic (exact) mass is 681 g/mol. The summed E-state index contributed by atoms with van der Waals surface area (Å²) in [5.41, 5.74) is 16.5. The number of amidine groups is 2. The summed E-state index contributed by atoms with van der Waals surface area (Å²) in [5, 5.41) is 0. The van der Waals surface area contributed by atoms with Gasteiger partial charge in [0.15, 0.2) is 5.84 Å². The molecule has 2 heterocycles. The number of allylic oxidation sites excluding steroid dienone is 5. The molecule has 6 heteroatoms. The number of benzene rings is 5. The fourth-order valence-corrected chi connectivity index (χ4v) is 7.89. The van der Waals surface area contributed by atoms with Gasteiger partial charge >= 0.3 is 0 Å². The maximum Gasteiger partial charge on any atom is 0.155 e. The molecule has 8 rings (SSSR count). The minimum absolute atomic E-state index is 0.172. The highest BCUT2D eigenvalue weighted by molar-refractivity contribution is 7.99. The molecule has 0 amide bonds. The highest BCUT2D eigenvalue weighted by atomic mass is 32.2. The second-order valence-electron chi connectivity index (χ2n) is 13.0. The molecule has 0 aromatic heterocycles. The van der Waals surface area contributed by atoms with E-state index in [4.69, 9.17) is 20.7 Å². The Labute approximate surface area is 304 Å². The van der Waals surface area contributed by atoms with Gasteiger partial charge in [0.25, 0.3) is 0 Å². The second kappa shape index (κ2) is 14.6. The van der Waals surface area contributed by atoms with Crippen LogP contribution in [0.3, 0.4) is 0 Å². The predicted octanol–water partition coefficient (Wildman–Crippen LogP) is 11.3. The standard InChI is InChI=1S/C45H39N5S/c1-31(32-15-5-2-6-16-32)29-37(33-17-7-3-8-18-33)47-44(46)39-30-38(48-45(49-39)35-19-9-4-10-20-35)34-25-27-36(28-26-34)50-40-21-11-13-23-42(40)51-43-24-14-12-22-41(43)50/h2-5,7-15,17-29,31,38H,6,16,30H2,1H3,(H2,46,47)/b37-29-. The second-order valence-corrected chi connectivity index (χ2v) is 14.1. The van der Waals surface area contributed by atoms with Crippen LogP contribution in [0.2, 0.25) is 0 Å². The fourth-order valence-electron chi connectivity index (χ4n) is 6.83. The van der Waals surface area contributed by atoms with Crippen molar-refractivity contribution >= 4 is 51.9 Å². The summed E-state index contributed by atoms with van der Waals surface area (Å²) in [6.45, 7) is 2.23. The number of hydrogen-bond acceptors (Lipinski definition) is 5. The molecule has 0 bridgehead atoms. The molecule has 2 atom stereocenters. The van der Waals surface area contributed by atoms with Gasteiger partial charge in [-0.3, -0.25) is 4.99 Å². The number of para-hydroxylation sites is 2. The Morgan fingerprint density at radius 1 is 0.824 bits per heavy atom. The molecule has 0 fully saturated rings. The third-order valence-electron chi connectivity index (χ3n) is 9.55. The summed E-state index contributed by atoms with van der Waals surface area (Å²) in [6, 6.07) is 46.2. The normalized spacial score (nSPS) is 17.9. The highest BCUT2D eigenvalue weighted by Gasteiger charge is 2.26. The van der Waals surface area contributed by atoms with Crippen molar-refractivity contribution in [2.24, 2.45) is 26.6 Å². The zero-order valence-electron chi connectivity index (χ0n) is 28.6. The van der Waals surface area contributed by atoms with Gasteiger partial charge in [0, 0.05) is 27.5 Å². The summed E-state index contributed by atoms with van der Waals surface area (Å²) in [7, 11) is 0. The zero-order valence-corrected chi connectivity index (χ0v) is 29.4. The number of rotatable bonds is 8. The average Bonchev–Trinajstić information content (AvgIpc) is 3.20. The molecule has 2 unspecified atom stereocenters. The van der Waals surface area contributed by atoms with Crippen LogP contribution in [0, 0.1) is 5.92 Å². The predicted molar refractivity (Wildman–Crippen MR) is 215 cm³/mol. The summed E-state index contributed by atoms with van der Waals surface area (Å²) < 4.78 is 0. The first kappa shape index (κ1) is 32.5. The number of nitrogens with zero attached hydrogens (tertiary/aromatic N) is 4. The quantitative estimate of drug-likeness (QED) is 0.128. The van der Waals surface area contributed by atoms with Gasteiger partial charge in [-0.25, -0.2) is 9.98 Å². The van der Waals surface area contributed by atoms with Crippen LogP contribution in [0.15, 0.2) is 188 Å². The molecule has 0 saturated heterocycles. The highest BCUT2D eigenvalue weighted by Crippen LogP contribution is 2.51. The van der Waals surface area contributed by atoms with E-state index >= 15 is 0 Å². The topological polar surface area (TPSA) is 66.3 Å². The number of nitrogens with two attached hydrogens (primary N) is 1. The molecule has 2 aliphatic heterocycles. The molecule has 3 aliphatic rings. The van der Waals surface area contributed by atoms with E-state index in [-0.39, 0.29) is 12.0 Å². The summed E-state index contributed by atoms with van der Waals surface area (Å²) in [4.78, 5) is 20.2. The van der Waals surface area contributed by atoms with Crippen molar-refractivity contribution in [1.29, 1.82) is 0 Å². The van der Waals surface area contributed by atoms with Crippen LogP contribution in [0.5, 0.6) is 0 Å². The first-order chi connectivity index (χ1) is 25.1. The van der Waals surface area contributed by atoms with Gasteiger partial charge < -0.3 is 10.6 Å². The zero-order chi connectivity index (χ0) is 34.6. The lowest BCUT2D eigenvalue weighted by Crippen LogP contribution is -2.29. The van der Waals surface area contributed by atoms with Crippen molar-refractivity contribution in [1.82, 2.24) is 0 Å². The maximum absolute atomic E-state index is 6.92. The maximum atomic E-state index is 6.92. The molecule has 5 aromatic rings. The van der Waals surface area contributed by atoms with Crippen LogP contribution in [0.25, 0.3) is 5.70 Å². The van der Waals surface area contributed by atoms with E-state index in [1.165, 1.54) is 26.7 Å². The molecule has 5 aromatic carbocycles. The minimum atomic E-state index is -0.172. The van der Waals surface area contributed by atoms with Crippen LogP contribution < -0.4 is 10.6 Å². The van der Waals surface area contributed by atoms with Gasteiger partial charge in [0.1, 0.15) is 5.84 Å². The van der Waals surface area contributed by atoms with E-state index < -0.39 is 0 Å². The van der Waals surface area contributed by atoms with E-state index in [0.29, 0.717) is 18.1 Å². The van der Waals surface area contributed by atoms with Crippen molar-refractivity contribution in [3.63, 3.8) is 0 Å². The molecule has 1 aliphatic carbocycles. The molecule has 2 N–H and O–H groups in total. The number of aliphatic imine (C=N–C) groups is 3. The van der Waals surface area contributed by atoms with Gasteiger partial charge in [-0.1, -0.05) is 146 Å². The van der Waals surface area contributed by atoms with Crippen molar-refractivity contribution in [2.45, 2.75) is 42.0 Å². The Bertz CT molecular complexity index is 2180. The van der Waals surface area contributed by atoms with Crippen molar-refractivity contribution in [3.8, 4) is 0 Å². The Morgan fingerprint density at radius 3 is 2.14 bits per heavy atom. The summed E-state index contributed by atoms with van der Waals surface area (Å²) in [5.74, 6) is 1.30. The molecule has 0 radical (unpaired) electrons. The van der Waals surface area contributed by atoms with Crippen molar-refractivity contribution < 1.29 is 0 Å². The third kappa shape index (κ3) is 7.01. The first-order valence-corrected chi connectivity index (χ1v) is 18.4. The van der Waals surface area contributed by atoms with E-state index in [1.54, 1.807) is 0 Å². The van der Waals surface area contributed by atoms with Gasteiger partial charge in [-0.15, -0.1) is 0 Å². The Balaban J connectivity index is 1.14. The molecular weight excluding hydrogens is 643 g/mol. The van der Waals surface area contributed by atoms with Gasteiger partial charge in [0.05, 0.1) is 28.8 Å². The van der Waals surface area contributed by atoms with Gasteiger partial charge in [-0.05, 0) is 66.3 Å². The summed E-state index contributed by atoms with van der Waals surface area (Å²) in [6.07, 6.45) is 11.5. The Morgan fingerprint density at radius 2 is 1.47 bits per heavy atom.